The number of halogens is 2. The molecule has 1 amide bonds. The molecule has 8 heteroatoms. The van der Waals surface area contributed by atoms with Crippen LogP contribution in [-0.2, 0) is 4.74 Å². The Bertz CT molecular complexity index is 1100. The van der Waals surface area contributed by atoms with Crippen LogP contribution in [-0.4, -0.2) is 44.4 Å². The van der Waals surface area contributed by atoms with Gasteiger partial charge < -0.3 is 9.64 Å². The topological polar surface area (TPSA) is 60.2 Å². The second-order valence-electron chi connectivity index (χ2n) is 8.33. The van der Waals surface area contributed by atoms with Crippen molar-refractivity contribution in [2.75, 3.05) is 13.1 Å². The second kappa shape index (κ2) is 7.43. The summed E-state index contributed by atoms with van der Waals surface area (Å²) in [4.78, 5) is 18.6. The van der Waals surface area contributed by atoms with Crippen LogP contribution in [0.4, 0.5) is 4.79 Å². The van der Waals surface area contributed by atoms with Crippen molar-refractivity contribution in [2.45, 2.75) is 39.2 Å². The number of aryl methyl sites for hydroxylation is 1. The molecule has 1 fully saturated rings. The zero-order valence-corrected chi connectivity index (χ0v) is 19.7. The van der Waals surface area contributed by atoms with E-state index < -0.39 is 5.60 Å². The molecule has 0 radical (unpaired) electrons. The number of amides is 1. The van der Waals surface area contributed by atoms with Gasteiger partial charge in [-0.05, 0) is 74.0 Å². The lowest BCUT2D eigenvalue weighted by Gasteiger charge is -2.39. The molecule has 1 aromatic carbocycles. The summed E-state index contributed by atoms with van der Waals surface area (Å²) in [6.07, 6.45) is 1.49. The number of nitrogens with zero attached hydrogens (tertiary/aromatic N) is 4. The van der Waals surface area contributed by atoms with Gasteiger partial charge in [0, 0.05) is 28.8 Å². The fourth-order valence-corrected chi connectivity index (χ4v) is 4.39. The van der Waals surface area contributed by atoms with Crippen LogP contribution in [0.5, 0.6) is 0 Å². The summed E-state index contributed by atoms with van der Waals surface area (Å²) in [6.45, 7) is 8.77. The highest BCUT2D eigenvalue weighted by molar-refractivity contribution is 14.1. The minimum atomic E-state index is -0.502. The molecule has 0 aliphatic carbocycles. The van der Waals surface area contributed by atoms with Crippen molar-refractivity contribution < 1.29 is 9.53 Å². The maximum absolute atomic E-state index is 12.3. The predicted octanol–water partition coefficient (Wildman–Crippen LogP) is 5.32. The summed E-state index contributed by atoms with van der Waals surface area (Å²) in [5.41, 5.74) is 3.09. The third-order valence-electron chi connectivity index (χ3n) is 4.80. The Morgan fingerprint density at radius 1 is 1.28 bits per heavy atom. The van der Waals surface area contributed by atoms with Crippen molar-refractivity contribution in [1.29, 1.82) is 0 Å². The zero-order chi connectivity index (χ0) is 20.9. The fraction of sp³-hybridized carbons (Fsp3) is 0.381. The molecule has 1 aliphatic rings. The summed E-state index contributed by atoms with van der Waals surface area (Å²) in [7, 11) is 0. The monoisotopic (exact) mass is 524 g/mol. The van der Waals surface area contributed by atoms with E-state index >= 15 is 0 Å². The first-order chi connectivity index (χ1) is 13.6. The number of ether oxygens (including phenoxy) is 1. The molecule has 4 rings (SSSR count). The van der Waals surface area contributed by atoms with Crippen molar-refractivity contribution in [3.8, 4) is 5.69 Å². The summed E-state index contributed by atoms with van der Waals surface area (Å²) < 4.78 is 8.36. The van der Waals surface area contributed by atoms with E-state index in [1.807, 2.05) is 56.6 Å². The van der Waals surface area contributed by atoms with Gasteiger partial charge >= 0.3 is 6.09 Å². The summed E-state index contributed by atoms with van der Waals surface area (Å²) in [5.74, 6) is 0.133. The van der Waals surface area contributed by atoms with Gasteiger partial charge in [0.2, 0.25) is 0 Å². The summed E-state index contributed by atoms with van der Waals surface area (Å²) in [5, 5.41) is 6.53. The molecule has 0 bridgehead atoms. The molecular weight excluding hydrogens is 503 g/mol. The first-order valence-electron chi connectivity index (χ1n) is 9.41. The predicted molar refractivity (Wildman–Crippen MR) is 122 cm³/mol. The average Bonchev–Trinajstić information content (AvgIpc) is 2.92. The number of fused-ring (bicyclic) bond motifs is 1. The van der Waals surface area contributed by atoms with E-state index in [2.05, 4.69) is 27.6 Å². The molecule has 3 heterocycles. The third-order valence-corrected chi connectivity index (χ3v) is 6.00. The molecule has 3 aromatic rings. The number of carbonyl (C=O) groups excluding carboxylic acids is 1. The number of hydrogen-bond donors (Lipinski definition) is 0. The van der Waals surface area contributed by atoms with E-state index in [4.69, 9.17) is 21.4 Å². The number of likely N-dealkylation sites (tertiary alicyclic amines) is 1. The molecule has 1 saturated heterocycles. The number of carbonyl (C=O) groups is 1. The standard InChI is InChI=1S/C21H22ClIN4O2/c1-12-5-6-16(14(22)9-12)27-19-17(15(23)7-8-24-19)18(25-27)13-10-26(11-13)20(28)29-21(2,3)4/h5-9,13H,10-11H2,1-4H3. The number of aromatic nitrogens is 3. The Morgan fingerprint density at radius 3 is 2.66 bits per heavy atom. The van der Waals surface area contributed by atoms with E-state index in [-0.39, 0.29) is 12.0 Å². The fourth-order valence-electron chi connectivity index (χ4n) is 3.40. The van der Waals surface area contributed by atoms with E-state index in [0.717, 1.165) is 31.5 Å². The molecule has 0 saturated carbocycles. The van der Waals surface area contributed by atoms with Crippen LogP contribution in [0, 0.1) is 10.5 Å². The van der Waals surface area contributed by atoms with Gasteiger partial charge in [-0.25, -0.2) is 14.5 Å². The highest BCUT2D eigenvalue weighted by Crippen LogP contribution is 2.36. The van der Waals surface area contributed by atoms with E-state index in [9.17, 15) is 4.79 Å². The van der Waals surface area contributed by atoms with Crippen LogP contribution in [0.3, 0.4) is 0 Å². The molecule has 6 nitrogen and oxygen atoms in total. The summed E-state index contributed by atoms with van der Waals surface area (Å²) >= 11 is 8.82. The van der Waals surface area contributed by atoms with E-state index in [1.165, 1.54) is 0 Å². The quantitative estimate of drug-likeness (QED) is 0.426. The molecule has 1 aliphatic heterocycles. The van der Waals surface area contributed by atoms with Gasteiger partial charge in [-0.3, -0.25) is 0 Å². The van der Waals surface area contributed by atoms with Crippen molar-refractivity contribution in [1.82, 2.24) is 19.7 Å². The Kier molecular flexibility index (Phi) is 5.23. The molecule has 2 aromatic heterocycles. The second-order valence-corrected chi connectivity index (χ2v) is 9.89. The molecular formula is C21H22ClIN4O2. The van der Waals surface area contributed by atoms with Crippen molar-refractivity contribution in [2.24, 2.45) is 0 Å². The van der Waals surface area contributed by atoms with Crippen molar-refractivity contribution in [3.63, 3.8) is 0 Å². The van der Waals surface area contributed by atoms with Crippen LogP contribution in [0.15, 0.2) is 30.5 Å². The smallest absolute Gasteiger partial charge is 0.410 e. The Labute approximate surface area is 188 Å². The minimum absolute atomic E-state index is 0.133. The van der Waals surface area contributed by atoms with Gasteiger partial charge in [0.05, 0.1) is 21.8 Å². The number of benzene rings is 1. The number of rotatable bonds is 2. The minimum Gasteiger partial charge on any atom is -0.444 e. The van der Waals surface area contributed by atoms with Crippen LogP contribution in [0.25, 0.3) is 16.7 Å². The Balaban J connectivity index is 1.69. The maximum Gasteiger partial charge on any atom is 0.410 e. The molecule has 0 spiro atoms. The van der Waals surface area contributed by atoms with Crippen LogP contribution in [0.2, 0.25) is 5.02 Å². The lowest BCUT2D eigenvalue weighted by Crippen LogP contribution is -2.50. The largest absolute Gasteiger partial charge is 0.444 e. The average molecular weight is 525 g/mol. The lowest BCUT2D eigenvalue weighted by atomic mass is 9.95. The van der Waals surface area contributed by atoms with Gasteiger partial charge in [0.1, 0.15) is 5.60 Å². The molecule has 0 unspecified atom stereocenters. The molecule has 29 heavy (non-hydrogen) atoms. The molecule has 152 valence electrons. The lowest BCUT2D eigenvalue weighted by molar-refractivity contribution is 0.00794. The first-order valence-corrected chi connectivity index (χ1v) is 10.9. The number of hydrogen-bond acceptors (Lipinski definition) is 4. The highest BCUT2D eigenvalue weighted by Gasteiger charge is 2.37. The maximum atomic E-state index is 12.3. The molecule has 0 atom stereocenters. The van der Waals surface area contributed by atoms with Crippen LogP contribution < -0.4 is 0 Å². The molecule has 0 N–H and O–H groups in total. The zero-order valence-electron chi connectivity index (χ0n) is 16.7. The van der Waals surface area contributed by atoms with Gasteiger partial charge in [0.15, 0.2) is 5.65 Å². The summed E-state index contributed by atoms with van der Waals surface area (Å²) in [6, 6.07) is 7.87. The normalized spacial score (nSPS) is 14.9. The van der Waals surface area contributed by atoms with E-state index in [0.29, 0.717) is 18.1 Å². The number of pyridine rings is 1. The first kappa shape index (κ1) is 20.4. The van der Waals surface area contributed by atoms with Gasteiger partial charge in [-0.2, -0.15) is 5.10 Å². The van der Waals surface area contributed by atoms with Gasteiger partial charge in [0.25, 0.3) is 0 Å². The van der Waals surface area contributed by atoms with Crippen LogP contribution in [0.1, 0.15) is 37.9 Å². The van der Waals surface area contributed by atoms with Crippen molar-refractivity contribution >= 4 is 51.3 Å². The van der Waals surface area contributed by atoms with Crippen molar-refractivity contribution in [3.05, 3.63) is 50.3 Å². The van der Waals surface area contributed by atoms with Gasteiger partial charge in [-0.1, -0.05) is 17.7 Å². The Hall–Kier alpha value is -1.87. The van der Waals surface area contributed by atoms with Crippen LogP contribution >= 0.6 is 34.2 Å². The van der Waals surface area contributed by atoms with Gasteiger partial charge in [-0.15, -0.1) is 0 Å². The third kappa shape index (κ3) is 3.94. The highest BCUT2D eigenvalue weighted by atomic mass is 127. The Morgan fingerprint density at radius 2 is 2.00 bits per heavy atom. The van der Waals surface area contributed by atoms with E-state index in [1.54, 1.807) is 11.1 Å². The SMILES string of the molecule is Cc1ccc(-n2nc(C3CN(C(=O)OC(C)(C)C)C3)c3c(I)ccnc32)c(Cl)c1.